The van der Waals surface area contributed by atoms with Crippen molar-refractivity contribution in [1.29, 1.82) is 0 Å². The number of carboxylic acids is 1. The summed E-state index contributed by atoms with van der Waals surface area (Å²) in [6, 6.07) is 4.12. The van der Waals surface area contributed by atoms with Gasteiger partial charge >= 0.3 is 5.97 Å². The van der Waals surface area contributed by atoms with Gasteiger partial charge in [-0.25, -0.2) is 4.79 Å². The number of ether oxygens (including phenoxy) is 5. The smallest absolute Gasteiger partial charge is 0.327 e. The molecule has 1 aromatic carbocycles. The van der Waals surface area contributed by atoms with Gasteiger partial charge in [-0.05, 0) is 36.1 Å². The number of benzene rings is 1. The lowest BCUT2D eigenvalue weighted by atomic mass is 10.0. The summed E-state index contributed by atoms with van der Waals surface area (Å²) in [7, 11) is 0. The molecule has 0 aliphatic carbocycles. The average Bonchev–Trinajstić information content (AvgIpc) is 3.17. The lowest BCUT2D eigenvalue weighted by Crippen LogP contribution is -2.10. The van der Waals surface area contributed by atoms with E-state index in [1.54, 1.807) is 0 Å². The van der Waals surface area contributed by atoms with Gasteiger partial charge in [0.1, 0.15) is 0 Å². The van der Waals surface area contributed by atoms with Gasteiger partial charge in [-0.1, -0.05) is 33.3 Å². The van der Waals surface area contributed by atoms with E-state index in [0.29, 0.717) is 39.8 Å². The summed E-state index contributed by atoms with van der Waals surface area (Å²) in [6.07, 6.45) is 5.21. The summed E-state index contributed by atoms with van der Waals surface area (Å²) in [6.45, 7) is 11.4. The molecule has 0 spiro atoms. The Balaban J connectivity index is 0.000000749. The zero-order valence-electron chi connectivity index (χ0n) is 17.6. The third-order valence-electron chi connectivity index (χ3n) is 4.03. The first-order chi connectivity index (χ1) is 14.1. The molecule has 7 nitrogen and oxygen atoms in total. The molecule has 1 N–H and O–H groups in total. The second-order valence-corrected chi connectivity index (χ2v) is 6.40. The normalized spacial score (nSPS) is 11.7. The van der Waals surface area contributed by atoms with Gasteiger partial charge in [-0.3, -0.25) is 0 Å². The van der Waals surface area contributed by atoms with Gasteiger partial charge in [0.25, 0.3) is 0 Å². The Bertz CT molecular complexity index is 601. The molecule has 1 heterocycles. The van der Waals surface area contributed by atoms with Crippen LogP contribution in [0.25, 0.3) is 0 Å². The molecule has 0 unspecified atom stereocenters. The van der Waals surface area contributed by atoms with Crippen LogP contribution in [0.5, 0.6) is 11.5 Å². The molecule has 0 saturated carbocycles. The van der Waals surface area contributed by atoms with Crippen molar-refractivity contribution in [2.75, 3.05) is 39.8 Å². The minimum Gasteiger partial charge on any atom is -0.478 e. The van der Waals surface area contributed by atoms with Crippen molar-refractivity contribution < 1.29 is 33.6 Å². The van der Waals surface area contributed by atoms with Crippen LogP contribution in [0.4, 0.5) is 0 Å². The summed E-state index contributed by atoms with van der Waals surface area (Å²) in [5, 5.41) is 7.60. The number of unbranched alkanes of at least 4 members (excludes halogenated alkanes) is 1. The van der Waals surface area contributed by atoms with Gasteiger partial charge in [0.05, 0.1) is 33.0 Å². The number of hydrogen-bond donors (Lipinski definition) is 1. The first-order valence-corrected chi connectivity index (χ1v) is 10.1. The molecule has 164 valence electrons. The van der Waals surface area contributed by atoms with E-state index < -0.39 is 5.97 Å². The maximum Gasteiger partial charge on any atom is 0.327 e. The number of carbonyl (C=O) groups is 1. The van der Waals surface area contributed by atoms with Crippen LogP contribution in [0.15, 0.2) is 24.8 Å². The molecular weight excluding hydrogens is 376 g/mol. The standard InChI is InChI=1S/C19H30O5.C3H4O2/c1-3-5-7-20-8-9-21-10-11-22-14-17-13-19-18(23-15-24-19)12-16(17)6-4-2;1-2-3(4)5/h12-13H,3-11,14-15H2,1-2H3;2H,1H2,(H,4,5). The molecule has 1 aliphatic heterocycles. The second-order valence-electron chi connectivity index (χ2n) is 6.40. The summed E-state index contributed by atoms with van der Waals surface area (Å²) in [5.74, 6) is 0.674. The van der Waals surface area contributed by atoms with Gasteiger partial charge in [0.2, 0.25) is 6.79 Å². The van der Waals surface area contributed by atoms with Crippen molar-refractivity contribution in [2.45, 2.75) is 46.1 Å². The maximum atomic E-state index is 9.25. The topological polar surface area (TPSA) is 83.5 Å². The lowest BCUT2D eigenvalue weighted by molar-refractivity contribution is -0.131. The number of fused-ring (bicyclic) bond motifs is 1. The average molecular weight is 411 g/mol. The molecule has 0 bridgehead atoms. The monoisotopic (exact) mass is 410 g/mol. The Morgan fingerprint density at radius 2 is 1.55 bits per heavy atom. The van der Waals surface area contributed by atoms with Crippen LogP contribution in [0, 0.1) is 0 Å². The van der Waals surface area contributed by atoms with Crippen LogP contribution in [0.2, 0.25) is 0 Å². The summed E-state index contributed by atoms with van der Waals surface area (Å²) >= 11 is 0. The Labute approximate surface area is 173 Å². The van der Waals surface area contributed by atoms with Crippen LogP contribution in [0.3, 0.4) is 0 Å². The predicted molar refractivity (Wildman–Crippen MR) is 111 cm³/mol. The van der Waals surface area contributed by atoms with Crippen molar-refractivity contribution in [1.82, 2.24) is 0 Å². The van der Waals surface area contributed by atoms with Gasteiger partial charge in [-0.2, -0.15) is 0 Å². The molecule has 7 heteroatoms. The molecule has 0 radical (unpaired) electrons. The molecule has 0 fully saturated rings. The fourth-order valence-electron chi connectivity index (χ4n) is 2.53. The van der Waals surface area contributed by atoms with E-state index in [9.17, 15) is 4.79 Å². The molecule has 0 amide bonds. The Morgan fingerprint density at radius 1 is 1.00 bits per heavy atom. The second kappa shape index (κ2) is 15.8. The van der Waals surface area contributed by atoms with Crippen molar-refractivity contribution in [3.63, 3.8) is 0 Å². The summed E-state index contributed by atoms with van der Waals surface area (Å²) in [5.41, 5.74) is 2.44. The highest BCUT2D eigenvalue weighted by molar-refractivity contribution is 5.78. The predicted octanol–water partition coefficient (Wildman–Crippen LogP) is 3.97. The first kappa shape index (κ1) is 24.9. The third kappa shape index (κ3) is 10.9. The van der Waals surface area contributed by atoms with Gasteiger partial charge in [0, 0.05) is 12.7 Å². The van der Waals surface area contributed by atoms with Gasteiger partial charge in [-0.15, -0.1) is 0 Å². The number of aliphatic carboxylic acids is 1. The zero-order chi connectivity index (χ0) is 21.3. The van der Waals surface area contributed by atoms with Crippen LogP contribution in [0.1, 0.15) is 44.2 Å². The zero-order valence-corrected chi connectivity index (χ0v) is 17.6. The Hall–Kier alpha value is -2.09. The molecule has 1 aromatic rings. The van der Waals surface area contributed by atoms with E-state index in [0.717, 1.165) is 49.9 Å². The highest BCUT2D eigenvalue weighted by Crippen LogP contribution is 2.35. The molecule has 2 rings (SSSR count). The molecule has 0 aromatic heterocycles. The van der Waals surface area contributed by atoms with Gasteiger partial charge in [0.15, 0.2) is 11.5 Å². The molecule has 0 saturated heterocycles. The number of hydrogen-bond acceptors (Lipinski definition) is 6. The fraction of sp³-hybridized carbons (Fsp3) is 0.591. The molecule has 1 aliphatic rings. The SMILES string of the molecule is C=CC(=O)O.CCCCOCCOCCOCc1cc2c(cc1CCC)OCO2. The van der Waals surface area contributed by atoms with Gasteiger partial charge < -0.3 is 28.8 Å². The van der Waals surface area contributed by atoms with Crippen LogP contribution >= 0.6 is 0 Å². The quantitative estimate of drug-likeness (QED) is 0.367. The summed E-state index contributed by atoms with van der Waals surface area (Å²) in [4.78, 5) is 9.25. The van der Waals surface area contributed by atoms with Crippen LogP contribution in [-0.2, 0) is 32.0 Å². The van der Waals surface area contributed by atoms with E-state index in [1.165, 1.54) is 11.1 Å². The summed E-state index contributed by atoms with van der Waals surface area (Å²) < 4.78 is 27.6. The molecular formula is C22H34O7. The van der Waals surface area contributed by atoms with Crippen molar-refractivity contribution >= 4 is 5.97 Å². The van der Waals surface area contributed by atoms with E-state index in [4.69, 9.17) is 28.8 Å². The van der Waals surface area contributed by atoms with Crippen molar-refractivity contribution in [3.05, 3.63) is 35.9 Å². The first-order valence-electron chi connectivity index (χ1n) is 10.1. The van der Waals surface area contributed by atoms with Crippen molar-refractivity contribution in [2.24, 2.45) is 0 Å². The maximum absolute atomic E-state index is 9.25. The number of aryl methyl sites for hydroxylation is 1. The van der Waals surface area contributed by atoms with Crippen LogP contribution in [-0.4, -0.2) is 50.9 Å². The third-order valence-corrected chi connectivity index (χ3v) is 4.03. The van der Waals surface area contributed by atoms with E-state index in [-0.39, 0.29) is 0 Å². The number of rotatable bonds is 14. The van der Waals surface area contributed by atoms with E-state index in [1.807, 2.05) is 6.07 Å². The highest BCUT2D eigenvalue weighted by atomic mass is 16.7. The minimum atomic E-state index is -0.981. The van der Waals surface area contributed by atoms with Crippen molar-refractivity contribution in [3.8, 4) is 11.5 Å². The lowest BCUT2D eigenvalue weighted by Gasteiger charge is -2.11. The number of carboxylic acid groups (broad SMARTS) is 1. The minimum absolute atomic E-state index is 0.305. The molecule has 29 heavy (non-hydrogen) atoms. The fourth-order valence-corrected chi connectivity index (χ4v) is 2.53. The van der Waals surface area contributed by atoms with E-state index >= 15 is 0 Å². The van der Waals surface area contributed by atoms with E-state index in [2.05, 4.69) is 26.5 Å². The van der Waals surface area contributed by atoms with Crippen LogP contribution < -0.4 is 9.47 Å². The Kier molecular flexibility index (Phi) is 13.6. The molecule has 0 atom stereocenters. The highest BCUT2D eigenvalue weighted by Gasteiger charge is 2.16. The Morgan fingerprint density at radius 3 is 2.10 bits per heavy atom. The largest absolute Gasteiger partial charge is 0.478 e.